The van der Waals surface area contributed by atoms with Gasteiger partial charge in [-0.25, -0.2) is 4.79 Å². The molecule has 0 aromatic heterocycles. The highest BCUT2D eigenvalue weighted by atomic mass is 35.5. The number of nitrogens with one attached hydrogen (secondary N) is 1. The van der Waals surface area contributed by atoms with Crippen molar-refractivity contribution in [3.05, 3.63) is 34.3 Å². The predicted octanol–water partition coefficient (Wildman–Crippen LogP) is 3.99. The molecular weight excluding hydrogens is 351 g/mol. The van der Waals surface area contributed by atoms with Gasteiger partial charge in [0.05, 0.1) is 17.7 Å². The Bertz CT molecular complexity index is 625. The van der Waals surface area contributed by atoms with Gasteiger partial charge in [0.25, 0.3) is 0 Å². The average Bonchev–Trinajstić information content (AvgIpc) is 2.91. The minimum Gasteiger partial charge on any atom is -0.465 e. The third-order valence-corrected chi connectivity index (χ3v) is 4.27. The molecule has 1 aromatic rings. The molecule has 2 N–H and O–H groups in total. The Balaban J connectivity index is 2.38. The summed E-state index contributed by atoms with van der Waals surface area (Å²) in [6, 6.07) is 2.79. The van der Waals surface area contributed by atoms with Crippen LogP contribution in [-0.4, -0.2) is 30.5 Å². The Morgan fingerprint density at radius 2 is 2.21 bits per heavy atom. The van der Waals surface area contributed by atoms with E-state index in [1.807, 2.05) is 0 Å². The van der Waals surface area contributed by atoms with E-state index in [-0.39, 0.29) is 17.0 Å². The molecule has 3 atom stereocenters. The number of halogens is 4. The molecule has 1 aliphatic heterocycles. The fourth-order valence-corrected chi connectivity index (χ4v) is 3.05. The van der Waals surface area contributed by atoms with Crippen molar-refractivity contribution in [3.63, 3.8) is 0 Å². The van der Waals surface area contributed by atoms with Gasteiger partial charge >= 0.3 is 12.3 Å². The maximum Gasteiger partial charge on any atom is 0.416 e. The second kappa shape index (κ2) is 6.78. The fraction of sp³-hybridized carbons (Fsp3) is 0.533. The number of methoxy groups -OCH3 is 1. The van der Waals surface area contributed by atoms with Gasteiger partial charge in [-0.15, -0.1) is 0 Å². The molecule has 0 aliphatic carbocycles. The molecule has 134 valence electrons. The first-order valence-electron chi connectivity index (χ1n) is 7.19. The highest BCUT2D eigenvalue weighted by Gasteiger charge is 2.48. The van der Waals surface area contributed by atoms with Gasteiger partial charge in [0.2, 0.25) is 0 Å². The third-order valence-electron chi connectivity index (χ3n) is 4.04. The summed E-state index contributed by atoms with van der Waals surface area (Å²) in [7, 11) is 1.26. The smallest absolute Gasteiger partial charge is 0.416 e. The lowest BCUT2D eigenvalue weighted by molar-refractivity contribution is -0.228. The van der Waals surface area contributed by atoms with Crippen molar-refractivity contribution < 1.29 is 32.5 Å². The number of ether oxygens (including phenoxy) is 2. The van der Waals surface area contributed by atoms with Gasteiger partial charge in [-0.3, -0.25) is 0 Å². The Kier molecular flexibility index (Phi) is 5.31. The van der Waals surface area contributed by atoms with E-state index >= 15 is 0 Å². The van der Waals surface area contributed by atoms with Crippen molar-refractivity contribution >= 4 is 17.7 Å². The molecule has 24 heavy (non-hydrogen) atoms. The third kappa shape index (κ3) is 3.76. The summed E-state index contributed by atoms with van der Waals surface area (Å²) in [5.41, 5.74) is -1.11. The summed E-state index contributed by atoms with van der Waals surface area (Å²) in [6.07, 6.45) is -5.97. The molecule has 0 spiro atoms. The van der Waals surface area contributed by atoms with Crippen molar-refractivity contribution in [2.75, 3.05) is 7.11 Å². The molecule has 9 heteroatoms. The molecule has 1 saturated heterocycles. The van der Waals surface area contributed by atoms with Crippen molar-refractivity contribution in [1.29, 1.82) is 0 Å². The van der Waals surface area contributed by atoms with E-state index in [1.165, 1.54) is 19.2 Å². The van der Waals surface area contributed by atoms with Crippen LogP contribution in [0.1, 0.15) is 30.9 Å². The summed E-state index contributed by atoms with van der Waals surface area (Å²) < 4.78 is 51.1. The van der Waals surface area contributed by atoms with Crippen LogP contribution in [0.3, 0.4) is 0 Å². The molecule has 2 rings (SSSR count). The molecule has 1 aliphatic rings. The first kappa shape index (κ1) is 18.8. The van der Waals surface area contributed by atoms with Gasteiger partial charge in [0, 0.05) is 24.1 Å². The van der Waals surface area contributed by atoms with Crippen LogP contribution in [0.5, 0.6) is 0 Å². The van der Waals surface area contributed by atoms with Crippen molar-refractivity contribution in [1.82, 2.24) is 5.32 Å². The van der Waals surface area contributed by atoms with E-state index in [0.29, 0.717) is 6.42 Å². The lowest BCUT2D eigenvalue weighted by Crippen LogP contribution is -2.42. The van der Waals surface area contributed by atoms with Crippen LogP contribution in [0.2, 0.25) is 5.02 Å². The van der Waals surface area contributed by atoms with E-state index < -0.39 is 35.8 Å². The molecule has 1 fully saturated rings. The second-order valence-electron chi connectivity index (χ2n) is 5.58. The highest BCUT2D eigenvalue weighted by Crippen LogP contribution is 2.46. The van der Waals surface area contributed by atoms with Crippen LogP contribution in [-0.2, 0) is 21.4 Å². The van der Waals surface area contributed by atoms with Crippen molar-refractivity contribution in [3.8, 4) is 0 Å². The normalized spacial score (nSPS) is 25.5. The minimum atomic E-state index is -4.63. The molecule has 5 nitrogen and oxygen atoms in total. The molecule has 1 heterocycles. The van der Waals surface area contributed by atoms with E-state index in [4.69, 9.17) is 26.2 Å². The Morgan fingerprint density at radius 3 is 2.75 bits per heavy atom. The molecule has 0 bridgehead atoms. The van der Waals surface area contributed by atoms with Gasteiger partial charge in [0.15, 0.2) is 5.79 Å². The zero-order valence-electron chi connectivity index (χ0n) is 13.0. The minimum absolute atomic E-state index is 0.0483. The van der Waals surface area contributed by atoms with Crippen molar-refractivity contribution in [2.24, 2.45) is 0 Å². The molecule has 0 saturated carbocycles. The van der Waals surface area contributed by atoms with Crippen LogP contribution in [0.15, 0.2) is 18.2 Å². The SMILES string of the molecule is COC1(c2ccc(Cl)cc2C(F)(F)F)CC[C@@H]([C@H](C)NC(=O)O)O1. The zero-order valence-corrected chi connectivity index (χ0v) is 13.7. The lowest BCUT2D eigenvalue weighted by Gasteiger charge is -2.32. The fourth-order valence-electron chi connectivity index (χ4n) is 2.88. The summed E-state index contributed by atoms with van der Waals surface area (Å²) in [5, 5.41) is 11.0. The van der Waals surface area contributed by atoms with Gasteiger partial charge in [-0.1, -0.05) is 17.7 Å². The van der Waals surface area contributed by atoms with Crippen LogP contribution >= 0.6 is 11.6 Å². The first-order valence-corrected chi connectivity index (χ1v) is 7.56. The zero-order chi connectivity index (χ0) is 18.1. The van der Waals surface area contributed by atoms with E-state index in [2.05, 4.69) is 5.32 Å². The standard InChI is InChI=1S/C15H17ClF3NO4/c1-8(20-13(21)22)12-5-6-14(23-2,24-12)10-4-3-9(16)7-11(10)15(17,18)19/h3-4,7-8,12,20H,5-6H2,1-2H3,(H,21,22)/t8-,12-,14?/m0/s1. The van der Waals surface area contributed by atoms with Crippen LogP contribution in [0.4, 0.5) is 18.0 Å². The molecule has 1 amide bonds. The number of hydrogen-bond donors (Lipinski definition) is 2. The summed E-state index contributed by atoms with van der Waals surface area (Å²) in [5.74, 6) is -1.60. The number of amides is 1. The Hall–Kier alpha value is -1.51. The van der Waals surface area contributed by atoms with Crippen LogP contribution in [0.25, 0.3) is 0 Å². The Labute approximate surface area is 141 Å². The maximum atomic E-state index is 13.4. The predicted molar refractivity (Wildman–Crippen MR) is 79.9 cm³/mol. The van der Waals surface area contributed by atoms with Crippen LogP contribution in [0, 0.1) is 0 Å². The van der Waals surface area contributed by atoms with Crippen molar-refractivity contribution in [2.45, 2.75) is 43.9 Å². The van der Waals surface area contributed by atoms with E-state index in [1.54, 1.807) is 6.92 Å². The first-order chi connectivity index (χ1) is 11.1. The monoisotopic (exact) mass is 367 g/mol. The van der Waals surface area contributed by atoms with Gasteiger partial charge in [-0.2, -0.15) is 13.2 Å². The maximum absolute atomic E-state index is 13.4. The number of hydrogen-bond acceptors (Lipinski definition) is 3. The summed E-state index contributed by atoms with van der Waals surface area (Å²) in [6.45, 7) is 1.58. The number of benzene rings is 1. The molecule has 1 aromatic carbocycles. The van der Waals surface area contributed by atoms with Gasteiger partial charge in [-0.05, 0) is 25.5 Å². The topological polar surface area (TPSA) is 67.8 Å². The van der Waals surface area contributed by atoms with E-state index in [0.717, 1.165) is 6.07 Å². The average molecular weight is 368 g/mol. The summed E-state index contributed by atoms with van der Waals surface area (Å²) >= 11 is 5.70. The Morgan fingerprint density at radius 1 is 1.54 bits per heavy atom. The van der Waals surface area contributed by atoms with E-state index in [9.17, 15) is 18.0 Å². The molecule has 1 unspecified atom stereocenters. The van der Waals surface area contributed by atoms with Gasteiger partial charge < -0.3 is 19.9 Å². The highest BCUT2D eigenvalue weighted by molar-refractivity contribution is 6.30. The second-order valence-corrected chi connectivity index (χ2v) is 6.01. The molecular formula is C15H17ClF3NO4. The lowest BCUT2D eigenvalue weighted by atomic mass is 9.96. The van der Waals surface area contributed by atoms with Crippen LogP contribution < -0.4 is 5.32 Å². The number of alkyl halides is 3. The van der Waals surface area contributed by atoms with Gasteiger partial charge in [0.1, 0.15) is 0 Å². The largest absolute Gasteiger partial charge is 0.465 e. The number of carbonyl (C=O) groups is 1. The number of rotatable bonds is 4. The summed E-state index contributed by atoms with van der Waals surface area (Å²) in [4.78, 5) is 10.7. The number of carboxylic acid groups (broad SMARTS) is 1. The quantitative estimate of drug-likeness (QED) is 0.844. The molecule has 0 radical (unpaired) electrons.